The van der Waals surface area contributed by atoms with Gasteiger partial charge in [-0.25, -0.2) is 4.98 Å². The van der Waals surface area contributed by atoms with E-state index < -0.39 is 5.82 Å². The van der Waals surface area contributed by atoms with E-state index in [2.05, 4.69) is 15.3 Å². The van der Waals surface area contributed by atoms with Crippen molar-refractivity contribution in [1.29, 1.82) is 0 Å². The summed E-state index contributed by atoms with van der Waals surface area (Å²) in [6.07, 6.45) is 1.07. The van der Waals surface area contributed by atoms with E-state index in [1.54, 1.807) is 31.4 Å². The predicted molar refractivity (Wildman–Crippen MR) is 69.2 cm³/mol. The van der Waals surface area contributed by atoms with Crippen molar-refractivity contribution in [2.45, 2.75) is 6.92 Å². The number of methoxy groups -OCH3 is 1. The molecule has 0 bridgehead atoms. The lowest BCUT2D eigenvalue weighted by Gasteiger charge is -2.08. The quantitative estimate of drug-likeness (QED) is 0.898. The lowest BCUT2D eigenvalue weighted by Crippen LogP contribution is -2.04. The molecule has 0 unspecified atom stereocenters. The summed E-state index contributed by atoms with van der Waals surface area (Å²) in [7, 11) is 1.57. The van der Waals surface area contributed by atoms with Gasteiger partial charge in [0, 0.05) is 6.54 Å². The number of hydrogen-bond donors (Lipinski definition) is 1. The Morgan fingerprint density at radius 3 is 2.53 bits per heavy atom. The zero-order valence-electron chi connectivity index (χ0n) is 10.7. The fraction of sp³-hybridized carbons (Fsp3) is 0.231. The molecule has 100 valence electrons. The fourth-order valence-corrected chi connectivity index (χ4v) is 1.42. The highest BCUT2D eigenvalue weighted by molar-refractivity contribution is 5.35. The summed E-state index contributed by atoms with van der Waals surface area (Å²) in [5.74, 6) is 0.769. The van der Waals surface area contributed by atoms with Crippen molar-refractivity contribution in [1.82, 2.24) is 9.97 Å². The van der Waals surface area contributed by atoms with Crippen molar-refractivity contribution >= 4 is 5.95 Å². The standard InChI is InChI=1S/C13H14FN3O2/c1-3-15-13-16-8-11(14)12(17-13)19-10-6-4-9(18-2)5-7-10/h4-8H,3H2,1-2H3,(H,15,16,17). The lowest BCUT2D eigenvalue weighted by atomic mass is 10.3. The number of benzene rings is 1. The van der Waals surface area contributed by atoms with Gasteiger partial charge in [0.1, 0.15) is 11.5 Å². The average molecular weight is 263 g/mol. The van der Waals surface area contributed by atoms with Crippen molar-refractivity contribution in [3.63, 3.8) is 0 Å². The summed E-state index contributed by atoms with van der Waals surface area (Å²) < 4.78 is 23.9. The van der Waals surface area contributed by atoms with E-state index in [1.807, 2.05) is 6.92 Å². The van der Waals surface area contributed by atoms with Crippen LogP contribution in [-0.2, 0) is 0 Å². The lowest BCUT2D eigenvalue weighted by molar-refractivity contribution is 0.407. The molecule has 0 saturated carbocycles. The van der Waals surface area contributed by atoms with Crippen LogP contribution in [0.5, 0.6) is 17.4 Å². The third kappa shape index (κ3) is 3.31. The predicted octanol–water partition coefficient (Wildman–Crippen LogP) is 2.85. The molecule has 19 heavy (non-hydrogen) atoms. The molecule has 2 aromatic rings. The maximum absolute atomic E-state index is 13.5. The van der Waals surface area contributed by atoms with Gasteiger partial charge in [0.15, 0.2) is 0 Å². The Hall–Kier alpha value is -2.37. The first kappa shape index (κ1) is 13.1. The molecule has 0 saturated heterocycles. The van der Waals surface area contributed by atoms with Crippen molar-refractivity contribution in [3.8, 4) is 17.4 Å². The SMILES string of the molecule is CCNc1ncc(F)c(Oc2ccc(OC)cc2)n1. The van der Waals surface area contributed by atoms with Gasteiger partial charge in [-0.1, -0.05) is 0 Å². The van der Waals surface area contributed by atoms with Crippen LogP contribution in [0, 0.1) is 5.82 Å². The van der Waals surface area contributed by atoms with Crippen molar-refractivity contribution in [2.75, 3.05) is 19.0 Å². The van der Waals surface area contributed by atoms with Crippen LogP contribution in [0.3, 0.4) is 0 Å². The molecule has 1 heterocycles. The minimum absolute atomic E-state index is 0.115. The normalized spacial score (nSPS) is 10.1. The van der Waals surface area contributed by atoms with Gasteiger partial charge in [0.25, 0.3) is 5.88 Å². The number of rotatable bonds is 5. The van der Waals surface area contributed by atoms with Gasteiger partial charge in [-0.15, -0.1) is 0 Å². The second kappa shape index (κ2) is 5.99. The van der Waals surface area contributed by atoms with Gasteiger partial charge >= 0.3 is 0 Å². The first-order valence-corrected chi connectivity index (χ1v) is 5.81. The van der Waals surface area contributed by atoms with Crippen molar-refractivity contribution in [2.24, 2.45) is 0 Å². The molecule has 0 aliphatic carbocycles. The molecule has 6 heteroatoms. The Bertz CT molecular complexity index is 546. The van der Waals surface area contributed by atoms with Crippen LogP contribution >= 0.6 is 0 Å². The first-order valence-electron chi connectivity index (χ1n) is 5.81. The van der Waals surface area contributed by atoms with Crippen LogP contribution in [0.2, 0.25) is 0 Å². The molecule has 1 aromatic heterocycles. The summed E-state index contributed by atoms with van der Waals surface area (Å²) in [4.78, 5) is 7.75. The Kier molecular flexibility index (Phi) is 4.12. The fourth-order valence-electron chi connectivity index (χ4n) is 1.42. The van der Waals surface area contributed by atoms with Crippen LogP contribution in [0.1, 0.15) is 6.92 Å². The molecule has 0 radical (unpaired) electrons. The van der Waals surface area contributed by atoms with Crippen LogP contribution in [0.4, 0.5) is 10.3 Å². The number of hydrogen-bond acceptors (Lipinski definition) is 5. The highest BCUT2D eigenvalue weighted by Gasteiger charge is 2.09. The molecule has 5 nitrogen and oxygen atoms in total. The summed E-state index contributed by atoms with van der Waals surface area (Å²) >= 11 is 0. The topological polar surface area (TPSA) is 56.3 Å². The number of halogens is 1. The second-order valence-corrected chi connectivity index (χ2v) is 3.65. The van der Waals surface area contributed by atoms with Gasteiger partial charge in [0.05, 0.1) is 13.3 Å². The maximum Gasteiger partial charge on any atom is 0.260 e. The highest BCUT2D eigenvalue weighted by atomic mass is 19.1. The zero-order chi connectivity index (χ0) is 13.7. The van der Waals surface area contributed by atoms with E-state index in [0.29, 0.717) is 24.0 Å². The summed E-state index contributed by atoms with van der Waals surface area (Å²) in [6, 6.07) is 6.79. The number of nitrogens with zero attached hydrogens (tertiary/aromatic N) is 2. The monoisotopic (exact) mass is 263 g/mol. The zero-order valence-corrected chi connectivity index (χ0v) is 10.7. The van der Waals surface area contributed by atoms with Crippen LogP contribution < -0.4 is 14.8 Å². The van der Waals surface area contributed by atoms with E-state index in [9.17, 15) is 4.39 Å². The third-order valence-electron chi connectivity index (χ3n) is 2.32. The molecule has 0 aliphatic rings. The minimum atomic E-state index is -0.613. The number of aromatic nitrogens is 2. The smallest absolute Gasteiger partial charge is 0.260 e. The van der Waals surface area contributed by atoms with Crippen molar-refractivity contribution < 1.29 is 13.9 Å². The number of anilines is 1. The molecule has 0 amide bonds. The van der Waals surface area contributed by atoms with Crippen molar-refractivity contribution in [3.05, 3.63) is 36.3 Å². The molecular formula is C13H14FN3O2. The Morgan fingerprint density at radius 1 is 1.21 bits per heavy atom. The van der Waals surface area contributed by atoms with Gasteiger partial charge in [-0.3, -0.25) is 0 Å². The van der Waals surface area contributed by atoms with E-state index in [-0.39, 0.29) is 5.88 Å². The molecule has 1 aromatic carbocycles. The average Bonchev–Trinajstić information content (AvgIpc) is 2.44. The number of nitrogens with one attached hydrogen (secondary N) is 1. The van der Waals surface area contributed by atoms with E-state index in [1.165, 1.54) is 0 Å². The number of ether oxygens (including phenoxy) is 2. The van der Waals surface area contributed by atoms with Gasteiger partial charge in [-0.2, -0.15) is 9.37 Å². The van der Waals surface area contributed by atoms with E-state index in [0.717, 1.165) is 6.20 Å². The minimum Gasteiger partial charge on any atom is -0.497 e. The van der Waals surface area contributed by atoms with E-state index >= 15 is 0 Å². The molecule has 2 rings (SSSR count). The first-order chi connectivity index (χ1) is 9.22. The largest absolute Gasteiger partial charge is 0.497 e. The molecule has 0 fully saturated rings. The third-order valence-corrected chi connectivity index (χ3v) is 2.32. The maximum atomic E-state index is 13.5. The summed E-state index contributed by atoms with van der Waals surface area (Å²) in [6.45, 7) is 2.55. The molecular weight excluding hydrogens is 249 g/mol. The van der Waals surface area contributed by atoms with Gasteiger partial charge < -0.3 is 14.8 Å². The second-order valence-electron chi connectivity index (χ2n) is 3.65. The van der Waals surface area contributed by atoms with Crippen LogP contribution in [0.25, 0.3) is 0 Å². The summed E-state index contributed by atoms with van der Waals surface area (Å²) in [5.41, 5.74) is 0. The highest BCUT2D eigenvalue weighted by Crippen LogP contribution is 2.24. The Balaban J connectivity index is 2.18. The van der Waals surface area contributed by atoms with E-state index in [4.69, 9.17) is 9.47 Å². The Labute approximate surface area is 110 Å². The molecule has 0 spiro atoms. The van der Waals surface area contributed by atoms with Gasteiger partial charge in [0.2, 0.25) is 11.8 Å². The van der Waals surface area contributed by atoms with Crippen LogP contribution in [-0.4, -0.2) is 23.6 Å². The molecule has 0 atom stereocenters. The molecule has 1 N–H and O–H groups in total. The Morgan fingerprint density at radius 2 is 1.89 bits per heavy atom. The summed E-state index contributed by atoms with van der Waals surface area (Å²) in [5, 5.41) is 2.89. The molecule has 0 aliphatic heterocycles. The van der Waals surface area contributed by atoms with Crippen LogP contribution in [0.15, 0.2) is 30.5 Å². The van der Waals surface area contributed by atoms with Gasteiger partial charge in [-0.05, 0) is 31.2 Å².